The Hall–Kier alpha value is -0.930. The predicted molar refractivity (Wildman–Crippen MR) is 77.6 cm³/mol. The molecule has 0 aliphatic heterocycles. The quantitative estimate of drug-likeness (QED) is 0.646. The molecule has 102 valence electrons. The molecule has 1 heterocycles. The fraction of sp³-hybridized carbons (Fsp3) is 0.667. The molecule has 3 heteroatoms. The van der Waals surface area contributed by atoms with Gasteiger partial charge in [0, 0.05) is 32.0 Å². The van der Waals surface area contributed by atoms with Gasteiger partial charge in [0.05, 0.1) is 0 Å². The van der Waals surface area contributed by atoms with E-state index in [9.17, 15) is 0 Å². The van der Waals surface area contributed by atoms with Gasteiger partial charge in [-0.2, -0.15) is 0 Å². The molecule has 1 aromatic rings. The molecule has 0 aromatic carbocycles. The van der Waals surface area contributed by atoms with Crippen LogP contribution in [0.1, 0.15) is 38.2 Å². The maximum Gasteiger partial charge on any atom is 0.0271 e. The Labute approximate surface area is 112 Å². The molecule has 3 nitrogen and oxygen atoms in total. The highest BCUT2D eigenvalue weighted by Gasteiger charge is 1.99. The van der Waals surface area contributed by atoms with Crippen LogP contribution < -0.4 is 5.32 Å². The van der Waals surface area contributed by atoms with Gasteiger partial charge in [0.15, 0.2) is 0 Å². The van der Waals surface area contributed by atoms with E-state index in [-0.39, 0.29) is 0 Å². The Morgan fingerprint density at radius 2 is 1.89 bits per heavy atom. The molecule has 0 fully saturated rings. The van der Waals surface area contributed by atoms with Crippen molar-refractivity contribution in [1.82, 2.24) is 15.2 Å². The van der Waals surface area contributed by atoms with Crippen LogP contribution in [0.4, 0.5) is 0 Å². The summed E-state index contributed by atoms with van der Waals surface area (Å²) in [4.78, 5) is 6.37. The average molecular weight is 249 g/mol. The van der Waals surface area contributed by atoms with Crippen LogP contribution in [0, 0.1) is 0 Å². The van der Waals surface area contributed by atoms with E-state index in [4.69, 9.17) is 0 Å². The van der Waals surface area contributed by atoms with Crippen molar-refractivity contribution in [3.63, 3.8) is 0 Å². The Kier molecular flexibility index (Phi) is 8.43. The second-order valence-electron chi connectivity index (χ2n) is 4.90. The topological polar surface area (TPSA) is 28.2 Å². The number of aromatic nitrogens is 1. The monoisotopic (exact) mass is 249 g/mol. The van der Waals surface area contributed by atoms with E-state index < -0.39 is 0 Å². The lowest BCUT2D eigenvalue weighted by molar-refractivity contribution is 0.324. The molecule has 0 atom stereocenters. The highest BCUT2D eigenvalue weighted by Crippen LogP contribution is 2.00. The number of nitrogens with one attached hydrogen (secondary N) is 1. The van der Waals surface area contributed by atoms with Crippen molar-refractivity contribution in [3.8, 4) is 0 Å². The maximum absolute atomic E-state index is 4.03. The van der Waals surface area contributed by atoms with E-state index in [1.165, 1.54) is 31.2 Å². The largest absolute Gasteiger partial charge is 0.315 e. The SMILES string of the molecule is CCCCCCNCCN(C)Cc1ccncc1. The summed E-state index contributed by atoms with van der Waals surface area (Å²) in [5.41, 5.74) is 1.33. The minimum Gasteiger partial charge on any atom is -0.315 e. The summed E-state index contributed by atoms with van der Waals surface area (Å²) >= 11 is 0. The average Bonchev–Trinajstić information content (AvgIpc) is 2.39. The second-order valence-corrected chi connectivity index (χ2v) is 4.90. The normalized spacial score (nSPS) is 11.1. The zero-order chi connectivity index (χ0) is 13.1. The van der Waals surface area contributed by atoms with E-state index in [0.717, 1.165) is 26.2 Å². The fourth-order valence-electron chi connectivity index (χ4n) is 1.95. The van der Waals surface area contributed by atoms with Crippen molar-refractivity contribution >= 4 is 0 Å². The summed E-state index contributed by atoms with van der Waals surface area (Å²) in [7, 11) is 2.17. The molecule has 0 spiro atoms. The van der Waals surface area contributed by atoms with Gasteiger partial charge in [0.2, 0.25) is 0 Å². The van der Waals surface area contributed by atoms with Crippen LogP contribution in [0.5, 0.6) is 0 Å². The van der Waals surface area contributed by atoms with Crippen LogP contribution in [0.15, 0.2) is 24.5 Å². The van der Waals surface area contributed by atoms with E-state index in [1.54, 1.807) is 0 Å². The van der Waals surface area contributed by atoms with Gasteiger partial charge in [0.1, 0.15) is 0 Å². The summed E-state index contributed by atoms with van der Waals surface area (Å²) in [6, 6.07) is 4.16. The standard InChI is InChI=1S/C15H27N3/c1-3-4-5-6-9-16-12-13-18(2)14-15-7-10-17-11-8-15/h7-8,10-11,16H,3-6,9,12-14H2,1-2H3. The Balaban J connectivity index is 1.99. The van der Waals surface area contributed by atoms with E-state index in [1.807, 2.05) is 12.4 Å². The third-order valence-electron chi connectivity index (χ3n) is 3.08. The summed E-state index contributed by atoms with van der Waals surface area (Å²) in [6.07, 6.45) is 9.06. The number of rotatable bonds is 10. The van der Waals surface area contributed by atoms with Crippen molar-refractivity contribution in [2.45, 2.75) is 39.2 Å². The zero-order valence-corrected chi connectivity index (χ0v) is 11.9. The number of pyridine rings is 1. The molecule has 0 unspecified atom stereocenters. The van der Waals surface area contributed by atoms with Crippen molar-refractivity contribution in [3.05, 3.63) is 30.1 Å². The summed E-state index contributed by atoms with van der Waals surface area (Å²) in [5.74, 6) is 0. The Morgan fingerprint density at radius 1 is 1.11 bits per heavy atom. The molecule has 1 N–H and O–H groups in total. The predicted octanol–water partition coefficient (Wildman–Crippen LogP) is 2.68. The molecular formula is C15H27N3. The van der Waals surface area contributed by atoms with Crippen LogP contribution in [0.2, 0.25) is 0 Å². The van der Waals surface area contributed by atoms with Gasteiger partial charge in [-0.1, -0.05) is 26.2 Å². The van der Waals surface area contributed by atoms with Gasteiger partial charge >= 0.3 is 0 Å². The number of hydrogen-bond acceptors (Lipinski definition) is 3. The highest BCUT2D eigenvalue weighted by atomic mass is 15.1. The van der Waals surface area contributed by atoms with Crippen LogP contribution in [-0.4, -0.2) is 36.6 Å². The number of unbranched alkanes of at least 4 members (excludes halogenated alkanes) is 3. The van der Waals surface area contributed by atoms with Gasteiger partial charge in [-0.15, -0.1) is 0 Å². The number of likely N-dealkylation sites (N-methyl/N-ethyl adjacent to an activating group) is 1. The van der Waals surface area contributed by atoms with E-state index in [0.29, 0.717) is 0 Å². The first kappa shape index (κ1) is 15.1. The molecule has 0 bridgehead atoms. The second kappa shape index (κ2) is 10.0. The molecule has 0 saturated heterocycles. The molecule has 0 saturated carbocycles. The van der Waals surface area contributed by atoms with Crippen molar-refractivity contribution in [2.24, 2.45) is 0 Å². The summed E-state index contributed by atoms with van der Waals surface area (Å²) < 4.78 is 0. The van der Waals surface area contributed by atoms with Crippen molar-refractivity contribution in [2.75, 3.05) is 26.7 Å². The minimum atomic E-state index is 1.00. The maximum atomic E-state index is 4.03. The lowest BCUT2D eigenvalue weighted by Gasteiger charge is -2.16. The zero-order valence-electron chi connectivity index (χ0n) is 11.9. The van der Waals surface area contributed by atoms with Crippen molar-refractivity contribution in [1.29, 1.82) is 0 Å². The molecule has 18 heavy (non-hydrogen) atoms. The Morgan fingerprint density at radius 3 is 2.61 bits per heavy atom. The third-order valence-corrected chi connectivity index (χ3v) is 3.08. The van der Waals surface area contributed by atoms with Crippen LogP contribution in [-0.2, 0) is 6.54 Å². The molecule has 0 amide bonds. The summed E-state index contributed by atoms with van der Waals surface area (Å²) in [5, 5.41) is 3.51. The first-order valence-electron chi connectivity index (χ1n) is 7.11. The molecule has 1 aromatic heterocycles. The van der Waals surface area contributed by atoms with Gasteiger partial charge in [-0.3, -0.25) is 4.98 Å². The minimum absolute atomic E-state index is 1.00. The highest BCUT2D eigenvalue weighted by molar-refractivity contribution is 5.09. The van der Waals surface area contributed by atoms with Crippen molar-refractivity contribution < 1.29 is 0 Å². The van der Waals surface area contributed by atoms with Crippen LogP contribution in [0.25, 0.3) is 0 Å². The molecule has 0 aliphatic rings. The van der Waals surface area contributed by atoms with Gasteiger partial charge in [-0.25, -0.2) is 0 Å². The Bertz CT molecular complexity index is 287. The van der Waals surface area contributed by atoms with Gasteiger partial charge in [-0.05, 0) is 37.7 Å². The van der Waals surface area contributed by atoms with Crippen LogP contribution in [0.3, 0.4) is 0 Å². The van der Waals surface area contributed by atoms with E-state index in [2.05, 4.69) is 41.3 Å². The number of nitrogens with zero attached hydrogens (tertiary/aromatic N) is 2. The first-order chi connectivity index (χ1) is 8.83. The summed E-state index contributed by atoms with van der Waals surface area (Å²) in [6.45, 7) is 6.58. The molecular weight excluding hydrogens is 222 g/mol. The van der Waals surface area contributed by atoms with Gasteiger partial charge in [0.25, 0.3) is 0 Å². The molecule has 1 rings (SSSR count). The van der Waals surface area contributed by atoms with Gasteiger partial charge < -0.3 is 10.2 Å². The first-order valence-corrected chi connectivity index (χ1v) is 7.11. The smallest absolute Gasteiger partial charge is 0.0271 e. The molecule has 0 radical (unpaired) electrons. The lowest BCUT2D eigenvalue weighted by atomic mass is 10.2. The molecule has 0 aliphatic carbocycles. The van der Waals surface area contributed by atoms with E-state index >= 15 is 0 Å². The number of hydrogen-bond donors (Lipinski definition) is 1. The third kappa shape index (κ3) is 7.41. The fourth-order valence-corrected chi connectivity index (χ4v) is 1.95. The lowest BCUT2D eigenvalue weighted by Crippen LogP contribution is -2.29. The van der Waals surface area contributed by atoms with Crippen LogP contribution >= 0.6 is 0 Å².